The van der Waals surface area contributed by atoms with Gasteiger partial charge in [0, 0.05) is 34.9 Å². The number of carbonyl (C=O) groups excluding carboxylic acids is 1. The number of hydrogen-bond donors (Lipinski definition) is 1. The summed E-state index contributed by atoms with van der Waals surface area (Å²) in [6.07, 6.45) is 4.99. The van der Waals surface area contributed by atoms with Gasteiger partial charge in [0.25, 0.3) is 0 Å². The molecular weight excluding hydrogens is 383 g/mol. The minimum Gasteiger partial charge on any atom is -0.370 e. The number of hydrogen-bond acceptors (Lipinski definition) is 4. The molecule has 3 aliphatic rings. The molecule has 144 valence electrons. The normalized spacial score (nSPS) is 34.3. The van der Waals surface area contributed by atoms with Crippen LogP contribution in [0.2, 0.25) is 10.0 Å². The average molecular weight is 407 g/mol. The largest absolute Gasteiger partial charge is 0.370 e. The van der Waals surface area contributed by atoms with Crippen molar-refractivity contribution < 1.29 is 4.79 Å². The summed E-state index contributed by atoms with van der Waals surface area (Å²) in [5.41, 5.74) is 0.666. The predicted octanol–water partition coefficient (Wildman–Crippen LogP) is 3.66. The molecule has 0 radical (unpaired) electrons. The van der Waals surface area contributed by atoms with E-state index in [1.165, 1.54) is 0 Å². The summed E-state index contributed by atoms with van der Waals surface area (Å²) < 4.78 is 0. The number of nitrogens with zero attached hydrogens (tertiary/aromatic N) is 3. The summed E-state index contributed by atoms with van der Waals surface area (Å²) in [4.78, 5) is 17.2. The van der Waals surface area contributed by atoms with E-state index >= 15 is 0 Å². The van der Waals surface area contributed by atoms with Crippen LogP contribution < -0.4 is 10.2 Å². The number of nitriles is 1. The van der Waals surface area contributed by atoms with Gasteiger partial charge >= 0.3 is 0 Å². The highest BCUT2D eigenvalue weighted by atomic mass is 35.5. The number of benzene rings is 1. The quantitative estimate of drug-likeness (QED) is 0.774. The first-order valence-corrected chi connectivity index (χ1v) is 10.3. The second-order valence-electron chi connectivity index (χ2n) is 8.19. The van der Waals surface area contributed by atoms with Crippen LogP contribution in [-0.4, -0.2) is 42.0 Å². The van der Waals surface area contributed by atoms with Crippen molar-refractivity contribution in [3.8, 4) is 6.19 Å². The molecule has 2 saturated heterocycles. The fourth-order valence-corrected chi connectivity index (χ4v) is 5.43. The van der Waals surface area contributed by atoms with Gasteiger partial charge in [-0.1, -0.05) is 30.1 Å². The Hall–Kier alpha value is -1.64. The van der Waals surface area contributed by atoms with Gasteiger partial charge in [0.2, 0.25) is 5.91 Å². The first-order valence-electron chi connectivity index (χ1n) is 9.58. The molecule has 27 heavy (non-hydrogen) atoms. The van der Waals surface area contributed by atoms with Crippen LogP contribution >= 0.6 is 23.2 Å². The monoisotopic (exact) mass is 406 g/mol. The predicted molar refractivity (Wildman–Crippen MR) is 107 cm³/mol. The van der Waals surface area contributed by atoms with Crippen LogP contribution in [-0.2, 0) is 4.79 Å². The number of anilines is 1. The molecule has 4 rings (SSSR count). The molecule has 0 unspecified atom stereocenters. The van der Waals surface area contributed by atoms with Crippen molar-refractivity contribution in [2.75, 3.05) is 18.0 Å². The van der Waals surface area contributed by atoms with E-state index < -0.39 is 0 Å². The van der Waals surface area contributed by atoms with E-state index in [9.17, 15) is 10.1 Å². The molecule has 7 heteroatoms. The zero-order valence-electron chi connectivity index (χ0n) is 15.6. The molecule has 3 fully saturated rings. The van der Waals surface area contributed by atoms with Gasteiger partial charge in [-0.05, 0) is 50.3 Å². The lowest BCUT2D eigenvalue weighted by Gasteiger charge is -2.26. The fraction of sp³-hybridized carbons (Fsp3) is 0.600. The lowest BCUT2D eigenvalue weighted by molar-refractivity contribution is -0.126. The number of likely N-dealkylation sites (tertiary alicyclic amines) is 1. The van der Waals surface area contributed by atoms with Crippen molar-refractivity contribution in [3.05, 3.63) is 28.2 Å². The maximum absolute atomic E-state index is 13.1. The molecule has 0 bridgehead atoms. The Morgan fingerprint density at radius 3 is 2.67 bits per heavy atom. The van der Waals surface area contributed by atoms with Crippen molar-refractivity contribution in [1.82, 2.24) is 10.2 Å². The molecular formula is C20H24Cl2N4O. The van der Waals surface area contributed by atoms with Crippen molar-refractivity contribution in [2.45, 2.75) is 51.2 Å². The van der Waals surface area contributed by atoms with Crippen LogP contribution in [0.1, 0.15) is 33.1 Å². The molecule has 2 heterocycles. The van der Waals surface area contributed by atoms with Gasteiger partial charge in [-0.3, -0.25) is 4.79 Å². The maximum atomic E-state index is 13.1. The summed E-state index contributed by atoms with van der Waals surface area (Å²) in [6.45, 7) is 5.67. The SMILES string of the molecule is CC[C@H]1C[C@@H](NC(=O)[C@]23C[C@@H]2CN(c2cc(Cl)cc(Cl)c2)C3)[C@@H](C)N1C#N. The fourth-order valence-electron chi connectivity index (χ4n) is 4.91. The van der Waals surface area contributed by atoms with E-state index in [1.807, 2.05) is 24.0 Å². The summed E-state index contributed by atoms with van der Waals surface area (Å²) in [6, 6.07) is 5.82. The van der Waals surface area contributed by atoms with Gasteiger partial charge < -0.3 is 15.1 Å². The minimum atomic E-state index is -0.309. The van der Waals surface area contributed by atoms with E-state index in [2.05, 4.69) is 23.3 Å². The number of piperidine rings is 1. The maximum Gasteiger partial charge on any atom is 0.228 e. The van der Waals surface area contributed by atoms with Crippen molar-refractivity contribution in [3.63, 3.8) is 0 Å². The summed E-state index contributed by atoms with van der Waals surface area (Å²) in [5.74, 6) is 0.510. The van der Waals surface area contributed by atoms with Gasteiger partial charge in [0.05, 0.1) is 17.5 Å². The van der Waals surface area contributed by atoms with Gasteiger partial charge in [0.15, 0.2) is 6.19 Å². The van der Waals surface area contributed by atoms with Gasteiger partial charge in [-0.25, -0.2) is 0 Å². The highest BCUT2D eigenvalue weighted by Gasteiger charge is 2.65. The smallest absolute Gasteiger partial charge is 0.228 e. The third kappa shape index (κ3) is 3.13. The third-order valence-electron chi connectivity index (χ3n) is 6.65. The molecule has 1 N–H and O–H groups in total. The Balaban J connectivity index is 1.44. The lowest BCUT2D eigenvalue weighted by atomic mass is 10.0. The van der Waals surface area contributed by atoms with E-state index in [4.69, 9.17) is 23.2 Å². The lowest BCUT2D eigenvalue weighted by Crippen LogP contribution is -2.46. The molecule has 1 saturated carbocycles. The first-order chi connectivity index (χ1) is 12.9. The Bertz CT molecular complexity index is 789. The number of halogens is 2. The van der Waals surface area contributed by atoms with Crippen LogP contribution in [0.25, 0.3) is 0 Å². The Morgan fingerprint density at radius 1 is 1.37 bits per heavy atom. The van der Waals surface area contributed by atoms with Crippen molar-refractivity contribution >= 4 is 34.8 Å². The molecule has 1 aliphatic carbocycles. The molecule has 1 aromatic rings. The second kappa shape index (κ2) is 6.76. The third-order valence-corrected chi connectivity index (χ3v) is 7.09. The topological polar surface area (TPSA) is 59.4 Å². The minimum absolute atomic E-state index is 0.0346. The molecule has 0 aromatic heterocycles. The van der Waals surface area contributed by atoms with Crippen molar-refractivity contribution in [2.24, 2.45) is 11.3 Å². The Kier molecular flexibility index (Phi) is 4.68. The number of amides is 1. The van der Waals surface area contributed by atoms with Gasteiger partial charge in [-0.2, -0.15) is 5.26 Å². The molecule has 5 atom stereocenters. The van der Waals surface area contributed by atoms with Crippen LogP contribution in [0.4, 0.5) is 5.69 Å². The first kappa shape index (κ1) is 18.7. The standard InChI is InChI=1S/C20H24Cl2N4O/c1-3-16-7-18(12(2)26(16)11-23)24-19(27)20-8-13(20)9-25(10-20)17-5-14(21)4-15(22)6-17/h4-6,12-13,16,18H,3,7-10H2,1-2H3,(H,24,27)/t12-,13-,16+,18-,20+/m1/s1. The summed E-state index contributed by atoms with van der Waals surface area (Å²) in [5, 5.41) is 13.9. The van der Waals surface area contributed by atoms with E-state index in [0.717, 1.165) is 31.5 Å². The molecule has 0 spiro atoms. The van der Waals surface area contributed by atoms with Gasteiger partial charge in [-0.15, -0.1) is 0 Å². The van der Waals surface area contributed by atoms with Crippen LogP contribution in [0, 0.1) is 22.8 Å². The van der Waals surface area contributed by atoms with Crippen LogP contribution in [0.5, 0.6) is 0 Å². The Morgan fingerprint density at radius 2 is 2.07 bits per heavy atom. The summed E-state index contributed by atoms with van der Waals surface area (Å²) in [7, 11) is 0. The van der Waals surface area contributed by atoms with E-state index in [0.29, 0.717) is 22.5 Å². The molecule has 1 aromatic carbocycles. The number of nitrogens with one attached hydrogen (secondary N) is 1. The highest BCUT2D eigenvalue weighted by molar-refractivity contribution is 6.35. The van der Waals surface area contributed by atoms with Crippen LogP contribution in [0.3, 0.4) is 0 Å². The number of rotatable bonds is 4. The van der Waals surface area contributed by atoms with E-state index in [-0.39, 0.29) is 29.4 Å². The van der Waals surface area contributed by atoms with Gasteiger partial charge in [0.1, 0.15) is 0 Å². The summed E-state index contributed by atoms with van der Waals surface area (Å²) >= 11 is 12.3. The molecule has 5 nitrogen and oxygen atoms in total. The molecule has 2 aliphatic heterocycles. The second-order valence-corrected chi connectivity index (χ2v) is 9.06. The zero-order valence-corrected chi connectivity index (χ0v) is 17.1. The van der Waals surface area contributed by atoms with E-state index in [1.54, 1.807) is 6.07 Å². The number of fused-ring (bicyclic) bond motifs is 1. The zero-order chi connectivity index (χ0) is 19.3. The van der Waals surface area contributed by atoms with Crippen molar-refractivity contribution in [1.29, 1.82) is 5.26 Å². The number of carbonyl (C=O) groups is 1. The Labute approximate surface area is 170 Å². The average Bonchev–Trinajstić information content (AvgIpc) is 3.05. The highest BCUT2D eigenvalue weighted by Crippen LogP contribution is 2.58. The van der Waals surface area contributed by atoms with Crippen LogP contribution in [0.15, 0.2) is 18.2 Å². The molecule has 1 amide bonds.